The highest BCUT2D eigenvalue weighted by atomic mass is 16.2. The van der Waals surface area contributed by atoms with Crippen molar-refractivity contribution < 1.29 is 4.79 Å². The third kappa shape index (κ3) is 3.36. The summed E-state index contributed by atoms with van der Waals surface area (Å²) in [5.41, 5.74) is 1.15. The van der Waals surface area contributed by atoms with Gasteiger partial charge in [0.15, 0.2) is 0 Å². The molecular formula is C12H18N2O. The molecule has 0 aliphatic carbocycles. The minimum absolute atomic E-state index is 0.142. The number of hydrogen-bond donors (Lipinski definition) is 0. The quantitative estimate of drug-likeness (QED) is 0.702. The molecule has 0 aliphatic rings. The van der Waals surface area contributed by atoms with E-state index in [1.54, 1.807) is 5.01 Å². The first-order valence-electron chi connectivity index (χ1n) is 5.16. The molecule has 0 unspecified atom stereocenters. The molecular weight excluding hydrogens is 188 g/mol. The number of amides is 1. The van der Waals surface area contributed by atoms with Gasteiger partial charge in [-0.25, -0.2) is 5.01 Å². The Morgan fingerprint density at radius 3 is 2.27 bits per heavy atom. The molecule has 1 amide bonds. The number of carbonyl (C=O) groups is 1. The number of hydrazine groups is 1. The zero-order valence-electron chi connectivity index (χ0n) is 9.60. The fourth-order valence-electron chi connectivity index (χ4n) is 1.39. The fraction of sp³-hybridized carbons (Fsp3) is 0.417. The first-order valence-corrected chi connectivity index (χ1v) is 5.16. The van der Waals surface area contributed by atoms with Crippen LogP contribution in [-0.4, -0.2) is 30.0 Å². The summed E-state index contributed by atoms with van der Waals surface area (Å²) < 4.78 is 0. The van der Waals surface area contributed by atoms with Crippen molar-refractivity contribution in [2.24, 2.45) is 0 Å². The Hall–Kier alpha value is -1.35. The standard InChI is InChI=1S/C12H18N2O/c1-4-12(15)14(13(2)3)10-11-8-6-5-7-9-11/h5-9H,4,10H2,1-3H3. The zero-order valence-corrected chi connectivity index (χ0v) is 9.60. The van der Waals surface area contributed by atoms with Crippen molar-refractivity contribution in [2.45, 2.75) is 19.9 Å². The van der Waals surface area contributed by atoms with Crippen LogP contribution in [0.15, 0.2) is 30.3 Å². The molecule has 82 valence electrons. The summed E-state index contributed by atoms with van der Waals surface area (Å²) in [6, 6.07) is 10.0. The van der Waals surface area contributed by atoms with E-state index in [4.69, 9.17) is 0 Å². The van der Waals surface area contributed by atoms with Gasteiger partial charge in [-0.3, -0.25) is 9.80 Å². The molecule has 0 radical (unpaired) electrons. The molecule has 0 saturated heterocycles. The summed E-state index contributed by atoms with van der Waals surface area (Å²) in [5, 5.41) is 3.58. The van der Waals surface area contributed by atoms with E-state index in [1.807, 2.05) is 56.4 Å². The molecule has 0 saturated carbocycles. The number of nitrogens with zero attached hydrogens (tertiary/aromatic N) is 2. The minimum Gasteiger partial charge on any atom is -0.273 e. The number of hydrogen-bond acceptors (Lipinski definition) is 2. The molecule has 1 aromatic rings. The normalized spacial score (nSPS) is 10.4. The maximum Gasteiger partial charge on any atom is 0.236 e. The Morgan fingerprint density at radius 1 is 1.20 bits per heavy atom. The summed E-state index contributed by atoms with van der Waals surface area (Å²) in [5.74, 6) is 0.142. The summed E-state index contributed by atoms with van der Waals surface area (Å²) in [4.78, 5) is 11.6. The Kier molecular flexibility index (Phi) is 4.31. The van der Waals surface area contributed by atoms with Crippen molar-refractivity contribution in [1.29, 1.82) is 0 Å². The lowest BCUT2D eigenvalue weighted by Gasteiger charge is -2.28. The number of benzene rings is 1. The monoisotopic (exact) mass is 206 g/mol. The second-order valence-corrected chi connectivity index (χ2v) is 3.64. The molecule has 3 heteroatoms. The van der Waals surface area contributed by atoms with Gasteiger partial charge in [0.05, 0.1) is 6.54 Å². The van der Waals surface area contributed by atoms with Crippen molar-refractivity contribution in [3.05, 3.63) is 35.9 Å². The molecule has 15 heavy (non-hydrogen) atoms. The molecule has 0 heterocycles. The highest BCUT2D eigenvalue weighted by Gasteiger charge is 2.13. The molecule has 0 bridgehead atoms. The first kappa shape index (κ1) is 11.7. The fourth-order valence-corrected chi connectivity index (χ4v) is 1.39. The van der Waals surface area contributed by atoms with E-state index >= 15 is 0 Å². The van der Waals surface area contributed by atoms with E-state index in [2.05, 4.69) is 0 Å². The topological polar surface area (TPSA) is 23.6 Å². The summed E-state index contributed by atoms with van der Waals surface area (Å²) in [7, 11) is 3.77. The van der Waals surface area contributed by atoms with E-state index in [0.717, 1.165) is 5.56 Å². The molecule has 0 aromatic heterocycles. The lowest BCUT2D eigenvalue weighted by molar-refractivity contribution is -0.145. The van der Waals surface area contributed by atoms with Gasteiger partial charge in [0.2, 0.25) is 5.91 Å². The van der Waals surface area contributed by atoms with Crippen LogP contribution < -0.4 is 0 Å². The third-order valence-electron chi connectivity index (χ3n) is 2.25. The van der Waals surface area contributed by atoms with Crippen LogP contribution in [0.2, 0.25) is 0 Å². The maximum atomic E-state index is 11.6. The van der Waals surface area contributed by atoms with Crippen molar-refractivity contribution in [1.82, 2.24) is 10.0 Å². The molecule has 0 N–H and O–H groups in total. The summed E-state index contributed by atoms with van der Waals surface area (Å²) >= 11 is 0. The van der Waals surface area contributed by atoms with Gasteiger partial charge in [-0.2, -0.15) is 0 Å². The second kappa shape index (κ2) is 5.51. The van der Waals surface area contributed by atoms with Gasteiger partial charge >= 0.3 is 0 Å². The van der Waals surface area contributed by atoms with Gasteiger partial charge in [0, 0.05) is 20.5 Å². The Balaban J connectivity index is 2.72. The van der Waals surface area contributed by atoms with Crippen LogP contribution in [0, 0.1) is 0 Å². The van der Waals surface area contributed by atoms with Crippen LogP contribution >= 0.6 is 0 Å². The molecule has 0 fully saturated rings. The van der Waals surface area contributed by atoms with E-state index < -0.39 is 0 Å². The molecule has 0 spiro atoms. The molecule has 3 nitrogen and oxygen atoms in total. The summed E-state index contributed by atoms with van der Waals surface area (Å²) in [6.07, 6.45) is 0.533. The first-order chi connectivity index (χ1) is 7.15. The molecule has 0 aliphatic heterocycles. The Bertz CT molecular complexity index is 309. The van der Waals surface area contributed by atoms with Crippen LogP contribution in [-0.2, 0) is 11.3 Å². The lowest BCUT2D eigenvalue weighted by Crippen LogP contribution is -2.40. The summed E-state index contributed by atoms with van der Waals surface area (Å²) in [6.45, 7) is 2.52. The Morgan fingerprint density at radius 2 is 1.80 bits per heavy atom. The predicted octanol–water partition coefficient (Wildman–Crippen LogP) is 1.90. The van der Waals surface area contributed by atoms with Crippen LogP contribution in [0.3, 0.4) is 0 Å². The molecule has 0 atom stereocenters. The van der Waals surface area contributed by atoms with Gasteiger partial charge in [-0.05, 0) is 5.56 Å². The lowest BCUT2D eigenvalue weighted by atomic mass is 10.2. The highest BCUT2D eigenvalue weighted by molar-refractivity contribution is 5.75. The van der Waals surface area contributed by atoms with Crippen molar-refractivity contribution in [3.63, 3.8) is 0 Å². The van der Waals surface area contributed by atoms with Crippen molar-refractivity contribution in [2.75, 3.05) is 14.1 Å². The zero-order chi connectivity index (χ0) is 11.3. The second-order valence-electron chi connectivity index (χ2n) is 3.64. The average molecular weight is 206 g/mol. The molecule has 1 rings (SSSR count). The van der Waals surface area contributed by atoms with E-state index in [0.29, 0.717) is 13.0 Å². The van der Waals surface area contributed by atoms with Gasteiger partial charge in [-0.15, -0.1) is 0 Å². The van der Waals surface area contributed by atoms with Crippen LogP contribution in [0.5, 0.6) is 0 Å². The largest absolute Gasteiger partial charge is 0.273 e. The van der Waals surface area contributed by atoms with Crippen LogP contribution in [0.4, 0.5) is 0 Å². The SMILES string of the molecule is CCC(=O)N(Cc1ccccc1)N(C)C. The Labute approximate surface area is 91.3 Å². The predicted molar refractivity (Wildman–Crippen MR) is 61.0 cm³/mol. The maximum absolute atomic E-state index is 11.6. The number of carbonyl (C=O) groups excluding carboxylic acids is 1. The minimum atomic E-state index is 0.142. The van der Waals surface area contributed by atoms with E-state index in [9.17, 15) is 4.79 Å². The van der Waals surface area contributed by atoms with E-state index in [1.165, 1.54) is 0 Å². The highest BCUT2D eigenvalue weighted by Crippen LogP contribution is 2.06. The average Bonchev–Trinajstić information content (AvgIpc) is 2.26. The number of rotatable bonds is 4. The molecule has 1 aromatic carbocycles. The van der Waals surface area contributed by atoms with Crippen LogP contribution in [0.25, 0.3) is 0 Å². The smallest absolute Gasteiger partial charge is 0.236 e. The van der Waals surface area contributed by atoms with Crippen molar-refractivity contribution in [3.8, 4) is 0 Å². The van der Waals surface area contributed by atoms with Gasteiger partial charge < -0.3 is 0 Å². The van der Waals surface area contributed by atoms with Crippen molar-refractivity contribution >= 4 is 5.91 Å². The van der Waals surface area contributed by atoms with Gasteiger partial charge in [0.25, 0.3) is 0 Å². The van der Waals surface area contributed by atoms with Crippen LogP contribution in [0.1, 0.15) is 18.9 Å². The third-order valence-corrected chi connectivity index (χ3v) is 2.25. The van der Waals surface area contributed by atoms with Gasteiger partial charge in [0.1, 0.15) is 0 Å². The van der Waals surface area contributed by atoms with E-state index in [-0.39, 0.29) is 5.91 Å². The van der Waals surface area contributed by atoms with Gasteiger partial charge in [-0.1, -0.05) is 37.3 Å².